The van der Waals surface area contributed by atoms with Crippen LogP contribution in [0.3, 0.4) is 0 Å². The van der Waals surface area contributed by atoms with Crippen molar-refractivity contribution in [1.82, 2.24) is 5.32 Å². The normalized spacial score (nSPS) is 11.9. The maximum atomic E-state index is 3.52. The Morgan fingerprint density at radius 1 is 1.12 bits per heavy atom. The summed E-state index contributed by atoms with van der Waals surface area (Å²) in [6.45, 7) is 7.66. The van der Waals surface area contributed by atoms with Gasteiger partial charge in [-0.1, -0.05) is 32.9 Å². The Morgan fingerprint density at radius 3 is 2.24 bits per heavy atom. The molecular weight excluding hydrogens is 250 g/mol. The molecule has 1 atom stereocenters. The van der Waals surface area contributed by atoms with Crippen molar-refractivity contribution in [2.45, 2.75) is 44.6 Å². The Balaban J connectivity index is 0.00000256. The van der Waals surface area contributed by atoms with Crippen molar-refractivity contribution in [3.8, 4) is 0 Å². The molecule has 0 saturated heterocycles. The van der Waals surface area contributed by atoms with E-state index >= 15 is 0 Å². The number of hydrogen-bond acceptors (Lipinski definition) is 2. The number of benzene rings is 1. The summed E-state index contributed by atoms with van der Waals surface area (Å²) >= 11 is 1.90. The minimum atomic E-state index is 0. The number of nitrogens with one attached hydrogen (secondary N) is 1. The summed E-state index contributed by atoms with van der Waals surface area (Å²) in [5, 5.41) is 3.52. The van der Waals surface area contributed by atoms with Crippen molar-refractivity contribution in [2.75, 3.05) is 12.3 Å². The van der Waals surface area contributed by atoms with Gasteiger partial charge in [0.15, 0.2) is 0 Å². The SMILES string of the molecule is CCNC(CC)Cc1ccc(SCC)cc1.Cl. The highest BCUT2D eigenvalue weighted by atomic mass is 35.5. The lowest BCUT2D eigenvalue weighted by Gasteiger charge is -2.15. The molecule has 1 aromatic rings. The number of halogens is 1. The highest BCUT2D eigenvalue weighted by Gasteiger charge is 2.05. The molecule has 0 aliphatic carbocycles. The minimum absolute atomic E-state index is 0. The first-order valence-electron chi connectivity index (χ1n) is 6.25. The van der Waals surface area contributed by atoms with Crippen LogP contribution in [-0.2, 0) is 6.42 Å². The number of hydrogen-bond donors (Lipinski definition) is 1. The lowest BCUT2D eigenvalue weighted by molar-refractivity contribution is 0.510. The van der Waals surface area contributed by atoms with Gasteiger partial charge in [-0.15, -0.1) is 24.2 Å². The molecule has 98 valence electrons. The highest BCUT2D eigenvalue weighted by Crippen LogP contribution is 2.18. The van der Waals surface area contributed by atoms with E-state index in [9.17, 15) is 0 Å². The van der Waals surface area contributed by atoms with Crippen LogP contribution in [0.15, 0.2) is 29.2 Å². The summed E-state index contributed by atoms with van der Waals surface area (Å²) in [6, 6.07) is 9.62. The van der Waals surface area contributed by atoms with Crippen LogP contribution in [-0.4, -0.2) is 18.3 Å². The van der Waals surface area contributed by atoms with E-state index < -0.39 is 0 Å². The minimum Gasteiger partial charge on any atom is -0.314 e. The van der Waals surface area contributed by atoms with Gasteiger partial charge in [0.05, 0.1) is 0 Å². The smallest absolute Gasteiger partial charge is 0.0105 e. The van der Waals surface area contributed by atoms with Crippen LogP contribution in [0.25, 0.3) is 0 Å². The third-order valence-corrected chi connectivity index (χ3v) is 3.60. The Morgan fingerprint density at radius 2 is 1.76 bits per heavy atom. The van der Waals surface area contributed by atoms with Crippen molar-refractivity contribution in [1.29, 1.82) is 0 Å². The zero-order chi connectivity index (χ0) is 11.8. The second-order valence-corrected chi connectivity index (χ2v) is 5.28. The van der Waals surface area contributed by atoms with Crippen LogP contribution in [0.1, 0.15) is 32.8 Å². The number of likely N-dealkylation sites (N-methyl/N-ethyl adjacent to an activating group) is 1. The monoisotopic (exact) mass is 273 g/mol. The molecule has 0 aliphatic rings. The fourth-order valence-corrected chi connectivity index (χ4v) is 2.48. The predicted octanol–water partition coefficient (Wildman–Crippen LogP) is 4.15. The maximum absolute atomic E-state index is 3.52. The Kier molecular flexibility index (Phi) is 9.71. The van der Waals surface area contributed by atoms with Gasteiger partial charge < -0.3 is 5.32 Å². The molecule has 0 saturated carbocycles. The van der Waals surface area contributed by atoms with Crippen LogP contribution in [0.2, 0.25) is 0 Å². The Labute approximate surface area is 116 Å². The molecule has 0 radical (unpaired) electrons. The van der Waals surface area contributed by atoms with E-state index in [1.807, 2.05) is 11.8 Å². The van der Waals surface area contributed by atoms with Gasteiger partial charge >= 0.3 is 0 Å². The molecule has 1 nitrogen and oxygen atoms in total. The summed E-state index contributed by atoms with van der Waals surface area (Å²) < 4.78 is 0. The van der Waals surface area contributed by atoms with Gasteiger partial charge in [-0.3, -0.25) is 0 Å². The van der Waals surface area contributed by atoms with E-state index in [2.05, 4.69) is 50.4 Å². The summed E-state index contributed by atoms with van der Waals surface area (Å²) in [4.78, 5) is 1.38. The molecule has 0 amide bonds. The second-order valence-electron chi connectivity index (χ2n) is 3.94. The van der Waals surface area contributed by atoms with Gasteiger partial charge in [0, 0.05) is 10.9 Å². The Hall–Kier alpha value is -0.180. The first-order valence-corrected chi connectivity index (χ1v) is 7.23. The summed E-state index contributed by atoms with van der Waals surface area (Å²) in [6.07, 6.45) is 2.33. The van der Waals surface area contributed by atoms with Gasteiger partial charge in [-0.25, -0.2) is 0 Å². The molecule has 0 fully saturated rings. The molecule has 1 rings (SSSR count). The van der Waals surface area contributed by atoms with Crippen LogP contribution in [0.5, 0.6) is 0 Å². The zero-order valence-electron chi connectivity index (χ0n) is 11.0. The van der Waals surface area contributed by atoms with Crippen molar-refractivity contribution >= 4 is 24.2 Å². The molecule has 17 heavy (non-hydrogen) atoms. The van der Waals surface area contributed by atoms with Crippen molar-refractivity contribution in [3.05, 3.63) is 29.8 Å². The van der Waals surface area contributed by atoms with E-state index in [4.69, 9.17) is 0 Å². The van der Waals surface area contributed by atoms with Crippen LogP contribution < -0.4 is 5.32 Å². The molecule has 1 unspecified atom stereocenters. The van der Waals surface area contributed by atoms with Gasteiger partial charge in [0.2, 0.25) is 0 Å². The molecule has 0 aromatic heterocycles. The third-order valence-electron chi connectivity index (χ3n) is 2.70. The van der Waals surface area contributed by atoms with Gasteiger partial charge in [-0.05, 0) is 42.8 Å². The third kappa shape index (κ3) is 6.35. The van der Waals surface area contributed by atoms with E-state index in [0.29, 0.717) is 6.04 Å². The lowest BCUT2D eigenvalue weighted by Crippen LogP contribution is -2.30. The first kappa shape index (κ1) is 16.8. The summed E-state index contributed by atoms with van der Waals surface area (Å²) in [5.41, 5.74) is 1.44. The molecular formula is C14H24ClNS. The molecule has 3 heteroatoms. The van der Waals surface area contributed by atoms with Crippen molar-refractivity contribution < 1.29 is 0 Å². The topological polar surface area (TPSA) is 12.0 Å². The first-order chi connectivity index (χ1) is 7.80. The molecule has 0 heterocycles. The van der Waals surface area contributed by atoms with Crippen molar-refractivity contribution in [2.24, 2.45) is 0 Å². The fourth-order valence-electron chi connectivity index (χ4n) is 1.82. The standard InChI is InChI=1S/C14H23NS.ClH/c1-4-13(15-5-2)11-12-7-9-14(10-8-12)16-6-3;/h7-10,13,15H,4-6,11H2,1-3H3;1H. The van der Waals surface area contributed by atoms with Crippen LogP contribution >= 0.6 is 24.2 Å². The van der Waals surface area contributed by atoms with E-state index in [0.717, 1.165) is 18.7 Å². The number of thioether (sulfide) groups is 1. The highest BCUT2D eigenvalue weighted by molar-refractivity contribution is 7.99. The number of rotatable bonds is 7. The average Bonchev–Trinajstić information content (AvgIpc) is 2.31. The average molecular weight is 274 g/mol. The van der Waals surface area contributed by atoms with Gasteiger partial charge in [-0.2, -0.15) is 0 Å². The Bertz CT molecular complexity index is 287. The summed E-state index contributed by atoms with van der Waals surface area (Å²) in [7, 11) is 0. The van der Waals surface area contributed by atoms with Crippen LogP contribution in [0, 0.1) is 0 Å². The lowest BCUT2D eigenvalue weighted by atomic mass is 10.0. The fraction of sp³-hybridized carbons (Fsp3) is 0.571. The predicted molar refractivity (Wildman–Crippen MR) is 81.5 cm³/mol. The zero-order valence-corrected chi connectivity index (χ0v) is 12.7. The molecule has 1 aromatic carbocycles. The van der Waals surface area contributed by atoms with Crippen molar-refractivity contribution in [3.63, 3.8) is 0 Å². The van der Waals surface area contributed by atoms with E-state index in [1.165, 1.54) is 16.9 Å². The van der Waals surface area contributed by atoms with Gasteiger partial charge in [0.25, 0.3) is 0 Å². The van der Waals surface area contributed by atoms with Crippen LogP contribution in [0.4, 0.5) is 0 Å². The molecule has 0 aliphatic heterocycles. The summed E-state index contributed by atoms with van der Waals surface area (Å²) in [5.74, 6) is 1.15. The van der Waals surface area contributed by atoms with Gasteiger partial charge in [0.1, 0.15) is 0 Å². The molecule has 1 N–H and O–H groups in total. The largest absolute Gasteiger partial charge is 0.314 e. The maximum Gasteiger partial charge on any atom is 0.0105 e. The second kappa shape index (κ2) is 9.81. The molecule has 0 spiro atoms. The van der Waals surface area contributed by atoms with E-state index in [-0.39, 0.29) is 12.4 Å². The molecule has 0 bridgehead atoms. The quantitative estimate of drug-likeness (QED) is 0.749. The van der Waals surface area contributed by atoms with E-state index in [1.54, 1.807) is 0 Å².